The molecule has 0 aliphatic carbocycles. The van der Waals surface area contributed by atoms with Gasteiger partial charge >= 0.3 is 0 Å². The van der Waals surface area contributed by atoms with Crippen LogP contribution in [0.5, 0.6) is 0 Å². The molecule has 0 radical (unpaired) electrons. The van der Waals surface area contributed by atoms with Gasteiger partial charge in [-0.2, -0.15) is 0 Å². The van der Waals surface area contributed by atoms with Gasteiger partial charge in [-0.15, -0.1) is 0 Å². The number of nitrogens with two attached hydrogens (primary N) is 1. The minimum Gasteiger partial charge on any atom is -0.399 e. The monoisotopic (exact) mass is 422 g/mol. The van der Waals surface area contributed by atoms with Gasteiger partial charge in [0.15, 0.2) is 5.65 Å². The highest BCUT2D eigenvalue weighted by Crippen LogP contribution is 2.38. The van der Waals surface area contributed by atoms with E-state index >= 15 is 0 Å². The van der Waals surface area contributed by atoms with E-state index in [0.717, 1.165) is 22.4 Å². The lowest BCUT2D eigenvalue weighted by Gasteiger charge is -2.18. The number of halogens is 2. The normalized spacial score (nSPS) is 11.8. The summed E-state index contributed by atoms with van der Waals surface area (Å²) in [6, 6.07) is 17.2. The fraction of sp³-hybridized carbons (Fsp3) is 0.174. The Hall–Kier alpha value is -2.69. The van der Waals surface area contributed by atoms with Crippen molar-refractivity contribution in [3.8, 4) is 22.4 Å². The number of hydrogen-bond donors (Lipinski definition) is 1. The first-order valence-electron chi connectivity index (χ1n) is 9.23. The predicted octanol–water partition coefficient (Wildman–Crippen LogP) is 6.55. The number of nitrogens with zero attached hydrogens (tertiary/aromatic N) is 3. The van der Waals surface area contributed by atoms with Gasteiger partial charge in [0, 0.05) is 27.3 Å². The second kappa shape index (κ2) is 7.29. The van der Waals surface area contributed by atoms with Crippen LogP contribution in [0.15, 0.2) is 54.6 Å². The van der Waals surface area contributed by atoms with Gasteiger partial charge in [0.1, 0.15) is 11.0 Å². The number of hydrogen-bond acceptors (Lipinski definition) is 4. The van der Waals surface area contributed by atoms with Crippen LogP contribution < -0.4 is 5.73 Å². The molecule has 2 aromatic carbocycles. The van der Waals surface area contributed by atoms with Crippen molar-refractivity contribution < 1.29 is 0 Å². The first kappa shape index (κ1) is 19.6. The van der Waals surface area contributed by atoms with E-state index in [1.54, 1.807) is 0 Å². The summed E-state index contributed by atoms with van der Waals surface area (Å²) in [5.41, 5.74) is 10.3. The number of benzene rings is 2. The van der Waals surface area contributed by atoms with Crippen molar-refractivity contribution in [1.29, 1.82) is 0 Å². The zero-order valence-electron chi connectivity index (χ0n) is 16.4. The van der Waals surface area contributed by atoms with Crippen molar-refractivity contribution in [1.82, 2.24) is 15.0 Å². The number of anilines is 1. The van der Waals surface area contributed by atoms with E-state index in [9.17, 15) is 0 Å². The van der Waals surface area contributed by atoms with Gasteiger partial charge < -0.3 is 5.73 Å². The summed E-state index contributed by atoms with van der Waals surface area (Å²) in [4.78, 5) is 14.1. The maximum absolute atomic E-state index is 6.55. The van der Waals surface area contributed by atoms with Gasteiger partial charge in [-0.1, -0.05) is 74.3 Å². The average Bonchev–Trinajstić information content (AvgIpc) is 2.67. The highest BCUT2D eigenvalue weighted by molar-refractivity contribution is 6.34. The Morgan fingerprint density at radius 2 is 1.52 bits per heavy atom. The van der Waals surface area contributed by atoms with E-state index in [4.69, 9.17) is 38.9 Å². The summed E-state index contributed by atoms with van der Waals surface area (Å²) < 4.78 is 0. The molecule has 6 heteroatoms. The third kappa shape index (κ3) is 3.78. The fourth-order valence-corrected chi connectivity index (χ4v) is 3.54. The highest BCUT2D eigenvalue weighted by Gasteiger charge is 2.22. The van der Waals surface area contributed by atoms with Crippen molar-refractivity contribution in [2.45, 2.75) is 26.2 Å². The summed E-state index contributed by atoms with van der Waals surface area (Å²) >= 11 is 13.1. The van der Waals surface area contributed by atoms with Crippen molar-refractivity contribution in [2.24, 2.45) is 0 Å². The zero-order valence-corrected chi connectivity index (χ0v) is 17.9. The molecule has 146 valence electrons. The molecule has 4 aromatic rings. The molecule has 0 unspecified atom stereocenters. The Labute approximate surface area is 179 Å². The molecule has 0 aliphatic heterocycles. The molecule has 0 atom stereocenters. The maximum atomic E-state index is 6.55. The molecule has 4 rings (SSSR count). The molecular weight excluding hydrogens is 403 g/mol. The Morgan fingerprint density at radius 3 is 2.17 bits per heavy atom. The van der Waals surface area contributed by atoms with Gasteiger partial charge in [-0.25, -0.2) is 15.0 Å². The van der Waals surface area contributed by atoms with Gasteiger partial charge in [0.25, 0.3) is 0 Å². The lowest BCUT2D eigenvalue weighted by atomic mass is 9.95. The highest BCUT2D eigenvalue weighted by atomic mass is 35.5. The number of nitrogen functional groups attached to an aromatic ring is 1. The Balaban J connectivity index is 2.07. The average molecular weight is 423 g/mol. The van der Waals surface area contributed by atoms with Crippen LogP contribution in [0.2, 0.25) is 10.2 Å². The zero-order chi connectivity index (χ0) is 20.8. The molecular formula is C23H20Cl2N4. The summed E-state index contributed by atoms with van der Waals surface area (Å²) in [6.45, 7) is 6.13. The largest absolute Gasteiger partial charge is 0.399 e. The molecule has 0 saturated carbocycles. The molecule has 4 nitrogen and oxygen atoms in total. The van der Waals surface area contributed by atoms with Crippen LogP contribution in [-0.4, -0.2) is 15.0 Å². The van der Waals surface area contributed by atoms with E-state index in [2.05, 4.69) is 4.98 Å². The minimum atomic E-state index is -0.250. The SMILES string of the molecule is CC(C)(C)c1nc(Cl)c2cc(-c3ccc(N)cc3)c(-c3ccccc3Cl)nc2n1. The molecule has 0 saturated heterocycles. The molecule has 0 amide bonds. The number of rotatable bonds is 2. The van der Waals surface area contributed by atoms with Crippen LogP contribution in [0, 0.1) is 0 Å². The lowest BCUT2D eigenvalue weighted by Crippen LogP contribution is -2.16. The quantitative estimate of drug-likeness (QED) is 0.294. The molecule has 0 spiro atoms. The van der Waals surface area contributed by atoms with Gasteiger partial charge in [-0.05, 0) is 29.8 Å². The lowest BCUT2D eigenvalue weighted by molar-refractivity contribution is 0.548. The van der Waals surface area contributed by atoms with Crippen LogP contribution in [-0.2, 0) is 5.41 Å². The van der Waals surface area contributed by atoms with Crippen LogP contribution in [0.3, 0.4) is 0 Å². The maximum Gasteiger partial charge on any atom is 0.165 e. The molecule has 2 heterocycles. The van der Waals surface area contributed by atoms with E-state index in [-0.39, 0.29) is 5.41 Å². The fourth-order valence-electron chi connectivity index (χ4n) is 3.10. The van der Waals surface area contributed by atoms with Crippen LogP contribution >= 0.6 is 23.2 Å². The topological polar surface area (TPSA) is 64.7 Å². The summed E-state index contributed by atoms with van der Waals surface area (Å²) in [6.07, 6.45) is 0. The Kier molecular flexibility index (Phi) is 4.93. The molecule has 2 N–H and O–H groups in total. The van der Waals surface area contributed by atoms with Crippen LogP contribution in [0.4, 0.5) is 5.69 Å². The standard InChI is InChI=1S/C23H20Cl2N4/c1-23(2,3)22-28-20(25)17-12-16(13-8-10-14(26)11-9-13)19(27-21(17)29-22)15-6-4-5-7-18(15)24/h4-12H,26H2,1-3H3. The second-order valence-electron chi connectivity index (χ2n) is 7.95. The molecule has 0 bridgehead atoms. The molecule has 0 fully saturated rings. The van der Waals surface area contributed by atoms with E-state index in [0.29, 0.717) is 32.7 Å². The van der Waals surface area contributed by atoms with E-state index in [1.807, 2.05) is 75.4 Å². The van der Waals surface area contributed by atoms with Gasteiger partial charge in [0.05, 0.1) is 11.1 Å². The predicted molar refractivity (Wildman–Crippen MR) is 121 cm³/mol. The smallest absolute Gasteiger partial charge is 0.165 e. The van der Waals surface area contributed by atoms with E-state index in [1.165, 1.54) is 0 Å². The Morgan fingerprint density at radius 1 is 0.828 bits per heavy atom. The van der Waals surface area contributed by atoms with Crippen molar-refractivity contribution in [3.05, 3.63) is 70.6 Å². The number of pyridine rings is 1. The minimum absolute atomic E-state index is 0.250. The van der Waals surface area contributed by atoms with Crippen molar-refractivity contribution in [3.63, 3.8) is 0 Å². The van der Waals surface area contributed by atoms with Gasteiger partial charge in [0.2, 0.25) is 0 Å². The third-order valence-electron chi connectivity index (χ3n) is 4.66. The number of aromatic nitrogens is 3. The van der Waals surface area contributed by atoms with Crippen molar-refractivity contribution in [2.75, 3.05) is 5.73 Å². The van der Waals surface area contributed by atoms with Crippen LogP contribution in [0.25, 0.3) is 33.4 Å². The molecule has 0 aliphatic rings. The number of fused-ring (bicyclic) bond motifs is 1. The third-order valence-corrected chi connectivity index (χ3v) is 5.28. The second-order valence-corrected chi connectivity index (χ2v) is 8.71. The first-order chi connectivity index (χ1) is 13.7. The summed E-state index contributed by atoms with van der Waals surface area (Å²) in [7, 11) is 0. The van der Waals surface area contributed by atoms with Crippen molar-refractivity contribution >= 4 is 39.9 Å². The molecule has 29 heavy (non-hydrogen) atoms. The first-order valence-corrected chi connectivity index (χ1v) is 9.99. The van der Waals surface area contributed by atoms with E-state index < -0.39 is 0 Å². The summed E-state index contributed by atoms with van der Waals surface area (Å²) in [5, 5.41) is 1.70. The van der Waals surface area contributed by atoms with Crippen LogP contribution in [0.1, 0.15) is 26.6 Å². The summed E-state index contributed by atoms with van der Waals surface area (Å²) in [5.74, 6) is 0.646. The van der Waals surface area contributed by atoms with Gasteiger partial charge in [-0.3, -0.25) is 0 Å². The Bertz CT molecular complexity index is 1210. The molecule has 2 aromatic heterocycles.